The van der Waals surface area contributed by atoms with Gasteiger partial charge in [0.1, 0.15) is 5.71 Å². The first-order valence-corrected chi connectivity index (χ1v) is 8.33. The zero-order chi connectivity index (χ0) is 14.3. The first kappa shape index (κ1) is 13.1. The molecule has 0 amide bonds. The van der Waals surface area contributed by atoms with Crippen molar-refractivity contribution in [2.75, 3.05) is 13.1 Å². The largest absolute Gasteiger partial charge is 0.317 e. The summed E-state index contributed by atoms with van der Waals surface area (Å²) >= 11 is 1.71. The van der Waals surface area contributed by atoms with Crippen LogP contribution in [0.4, 0.5) is 0 Å². The molecule has 108 valence electrons. The average Bonchev–Trinajstić information content (AvgIpc) is 3.16. The third kappa shape index (κ3) is 2.30. The Bertz CT molecular complexity index is 662. The molecule has 0 radical (unpaired) electrons. The minimum atomic E-state index is -0.322. The van der Waals surface area contributed by atoms with Crippen LogP contribution >= 0.6 is 11.3 Å². The Labute approximate surface area is 128 Å². The van der Waals surface area contributed by atoms with Crippen molar-refractivity contribution in [1.82, 2.24) is 5.32 Å². The van der Waals surface area contributed by atoms with Crippen molar-refractivity contribution in [3.05, 3.63) is 28.5 Å². The highest BCUT2D eigenvalue weighted by Crippen LogP contribution is 2.34. The van der Waals surface area contributed by atoms with Gasteiger partial charge in [0.15, 0.2) is 5.66 Å². The average molecular weight is 298 g/mol. The number of piperidine rings is 1. The van der Waals surface area contributed by atoms with E-state index in [2.05, 4.69) is 40.8 Å². The van der Waals surface area contributed by atoms with Crippen LogP contribution in [0.3, 0.4) is 0 Å². The standard InChI is InChI=1S/C16H18N4S/c1-16(11-4-6-17-7-5-11)18-10-14-12(20-16)9-13(19-14)15-3-2-8-21-15/h2-3,8-11,17H,4-7H2,1H3. The number of nitrogens with one attached hydrogen (secondary N) is 1. The van der Waals surface area contributed by atoms with E-state index in [9.17, 15) is 0 Å². The molecule has 3 aliphatic rings. The van der Waals surface area contributed by atoms with Crippen molar-refractivity contribution in [2.45, 2.75) is 25.4 Å². The molecular formula is C16H18N4S. The number of allylic oxidation sites excluding steroid dienone is 1. The second-order valence-corrected chi connectivity index (χ2v) is 6.83. The van der Waals surface area contributed by atoms with Gasteiger partial charge in [-0.1, -0.05) is 6.07 Å². The number of rotatable bonds is 2. The summed E-state index contributed by atoms with van der Waals surface area (Å²) in [6, 6.07) is 4.15. The van der Waals surface area contributed by atoms with Gasteiger partial charge in [-0.15, -0.1) is 11.3 Å². The van der Waals surface area contributed by atoms with Gasteiger partial charge >= 0.3 is 0 Å². The maximum atomic E-state index is 4.95. The molecule has 1 fully saturated rings. The lowest BCUT2D eigenvalue weighted by atomic mass is 9.85. The van der Waals surface area contributed by atoms with Crippen molar-refractivity contribution in [2.24, 2.45) is 20.9 Å². The Morgan fingerprint density at radius 3 is 2.90 bits per heavy atom. The maximum absolute atomic E-state index is 4.95. The lowest BCUT2D eigenvalue weighted by Gasteiger charge is -2.35. The zero-order valence-corrected chi connectivity index (χ0v) is 12.9. The number of thiophene rings is 1. The van der Waals surface area contributed by atoms with E-state index in [4.69, 9.17) is 9.98 Å². The van der Waals surface area contributed by atoms with Crippen LogP contribution in [0, 0.1) is 5.92 Å². The minimum absolute atomic E-state index is 0.322. The molecule has 1 saturated heterocycles. The van der Waals surface area contributed by atoms with Crippen LogP contribution in [0.25, 0.3) is 5.70 Å². The van der Waals surface area contributed by atoms with Crippen LogP contribution in [-0.2, 0) is 0 Å². The smallest absolute Gasteiger partial charge is 0.151 e. The molecule has 1 N–H and O–H groups in total. The first-order chi connectivity index (χ1) is 10.2. The third-order valence-electron chi connectivity index (χ3n) is 4.46. The number of fused-ring (bicyclic) bond motifs is 1. The molecule has 0 spiro atoms. The SMILES string of the molecule is CC1(C2CCNCC2)N=CC2=NC(c3cccs3)=CC2=N1. The first-order valence-electron chi connectivity index (χ1n) is 7.45. The summed E-state index contributed by atoms with van der Waals surface area (Å²) in [6.07, 6.45) is 6.30. The lowest BCUT2D eigenvalue weighted by Crippen LogP contribution is -2.42. The Hall–Kier alpha value is -1.59. The molecule has 1 atom stereocenters. The number of hydrogen-bond donors (Lipinski definition) is 1. The van der Waals surface area contributed by atoms with E-state index in [-0.39, 0.29) is 5.66 Å². The molecule has 0 aliphatic carbocycles. The quantitative estimate of drug-likeness (QED) is 0.896. The number of hydrogen-bond acceptors (Lipinski definition) is 5. The second-order valence-electron chi connectivity index (χ2n) is 5.88. The van der Waals surface area contributed by atoms with Gasteiger partial charge in [-0.25, -0.2) is 4.99 Å². The Kier molecular flexibility index (Phi) is 3.12. The van der Waals surface area contributed by atoms with Gasteiger partial charge < -0.3 is 5.32 Å². The summed E-state index contributed by atoms with van der Waals surface area (Å²) < 4.78 is 0. The topological polar surface area (TPSA) is 49.1 Å². The molecule has 5 heteroatoms. The monoisotopic (exact) mass is 298 g/mol. The Morgan fingerprint density at radius 1 is 1.29 bits per heavy atom. The van der Waals surface area contributed by atoms with E-state index in [1.807, 2.05) is 6.21 Å². The Morgan fingerprint density at radius 2 is 2.14 bits per heavy atom. The van der Waals surface area contributed by atoms with Gasteiger partial charge in [0.2, 0.25) is 0 Å². The molecule has 21 heavy (non-hydrogen) atoms. The van der Waals surface area contributed by atoms with E-state index in [1.165, 1.54) is 4.88 Å². The molecule has 4 heterocycles. The molecule has 1 unspecified atom stereocenters. The molecule has 3 aliphatic heterocycles. The van der Waals surface area contributed by atoms with Gasteiger partial charge in [-0.05, 0) is 50.4 Å². The fourth-order valence-electron chi connectivity index (χ4n) is 3.19. The van der Waals surface area contributed by atoms with E-state index in [0.29, 0.717) is 5.92 Å². The number of aliphatic imine (C=N–C) groups is 3. The highest BCUT2D eigenvalue weighted by Gasteiger charge is 2.37. The van der Waals surface area contributed by atoms with Crippen LogP contribution in [-0.4, -0.2) is 36.4 Å². The molecule has 4 nitrogen and oxygen atoms in total. The normalized spacial score (nSPS) is 28.9. The summed E-state index contributed by atoms with van der Waals surface area (Å²) in [5, 5.41) is 5.49. The molecular weight excluding hydrogens is 280 g/mol. The van der Waals surface area contributed by atoms with Gasteiger partial charge in [0.25, 0.3) is 0 Å². The summed E-state index contributed by atoms with van der Waals surface area (Å²) in [4.78, 5) is 15.5. The third-order valence-corrected chi connectivity index (χ3v) is 5.35. The van der Waals surface area contributed by atoms with Crippen LogP contribution in [0.2, 0.25) is 0 Å². The fraction of sp³-hybridized carbons (Fsp3) is 0.438. The highest BCUT2D eigenvalue weighted by molar-refractivity contribution is 7.11. The van der Waals surface area contributed by atoms with Crippen LogP contribution in [0.5, 0.6) is 0 Å². The summed E-state index contributed by atoms with van der Waals surface area (Å²) in [5.74, 6) is 0.517. The maximum Gasteiger partial charge on any atom is 0.151 e. The van der Waals surface area contributed by atoms with Gasteiger partial charge in [-0.3, -0.25) is 9.98 Å². The second kappa shape index (κ2) is 5.00. The van der Waals surface area contributed by atoms with Crippen molar-refractivity contribution >= 4 is 34.7 Å². The molecule has 1 aromatic heterocycles. The minimum Gasteiger partial charge on any atom is -0.317 e. The van der Waals surface area contributed by atoms with E-state index >= 15 is 0 Å². The van der Waals surface area contributed by atoms with Gasteiger partial charge in [0, 0.05) is 5.92 Å². The highest BCUT2D eigenvalue weighted by atomic mass is 32.1. The molecule has 0 saturated carbocycles. The summed E-state index contributed by atoms with van der Waals surface area (Å²) in [7, 11) is 0. The molecule has 0 bridgehead atoms. The van der Waals surface area contributed by atoms with Crippen molar-refractivity contribution in [3.63, 3.8) is 0 Å². The van der Waals surface area contributed by atoms with Crippen molar-refractivity contribution < 1.29 is 0 Å². The number of nitrogens with zero attached hydrogens (tertiary/aromatic N) is 3. The van der Waals surface area contributed by atoms with E-state index in [1.54, 1.807) is 11.3 Å². The zero-order valence-electron chi connectivity index (χ0n) is 12.0. The van der Waals surface area contributed by atoms with E-state index < -0.39 is 0 Å². The van der Waals surface area contributed by atoms with Crippen molar-refractivity contribution in [1.29, 1.82) is 0 Å². The predicted molar refractivity (Wildman–Crippen MR) is 89.7 cm³/mol. The molecule has 4 rings (SSSR count). The van der Waals surface area contributed by atoms with Gasteiger partial charge in [-0.2, -0.15) is 0 Å². The summed E-state index contributed by atoms with van der Waals surface area (Å²) in [5.41, 5.74) is 2.59. The summed E-state index contributed by atoms with van der Waals surface area (Å²) in [6.45, 7) is 4.29. The van der Waals surface area contributed by atoms with Gasteiger partial charge in [0.05, 0.1) is 22.5 Å². The lowest BCUT2D eigenvalue weighted by molar-refractivity contribution is 0.244. The molecule has 1 aromatic rings. The Balaban J connectivity index is 1.66. The van der Waals surface area contributed by atoms with E-state index in [0.717, 1.165) is 43.1 Å². The van der Waals surface area contributed by atoms with Crippen molar-refractivity contribution in [3.8, 4) is 0 Å². The van der Waals surface area contributed by atoms with Crippen LogP contribution in [0.15, 0.2) is 38.6 Å². The predicted octanol–water partition coefficient (Wildman–Crippen LogP) is 2.78. The van der Waals surface area contributed by atoms with Crippen LogP contribution < -0.4 is 5.32 Å². The fourth-order valence-corrected chi connectivity index (χ4v) is 3.87. The molecule has 0 aromatic carbocycles. The van der Waals surface area contributed by atoms with Crippen LogP contribution in [0.1, 0.15) is 24.6 Å².